The normalized spacial score (nSPS) is 8.83. The Hall–Kier alpha value is -1.06. The summed E-state index contributed by atoms with van der Waals surface area (Å²) in [5.74, 6) is -0.972. The first-order valence-electron chi connectivity index (χ1n) is 3.73. The van der Waals surface area contributed by atoms with Gasteiger partial charge in [-0.25, -0.2) is 0 Å². The van der Waals surface area contributed by atoms with E-state index in [-0.39, 0.29) is 12.0 Å². The van der Waals surface area contributed by atoms with Crippen molar-refractivity contribution >= 4 is 12.4 Å². The van der Waals surface area contributed by atoms with Crippen molar-refractivity contribution in [1.82, 2.24) is 0 Å². The zero-order valence-electron chi connectivity index (χ0n) is 7.90. The van der Waals surface area contributed by atoms with E-state index in [0.29, 0.717) is 6.47 Å². The molecule has 0 rings (SSSR count). The van der Waals surface area contributed by atoms with Crippen LogP contribution < -0.4 is 0 Å². The van der Waals surface area contributed by atoms with Gasteiger partial charge in [0, 0.05) is 0 Å². The summed E-state index contributed by atoms with van der Waals surface area (Å²) in [5.41, 5.74) is 0. The molecule has 0 aromatic heterocycles. The van der Waals surface area contributed by atoms with Gasteiger partial charge in [-0.15, -0.1) is 0 Å². The zero-order valence-corrected chi connectivity index (χ0v) is 7.90. The molecule has 12 heavy (non-hydrogen) atoms. The number of ether oxygens (including phenoxy) is 1. The molecule has 0 aliphatic carbocycles. The van der Waals surface area contributed by atoms with Crippen molar-refractivity contribution in [2.24, 2.45) is 5.92 Å². The Kier molecular flexibility index (Phi) is 9.06. The Morgan fingerprint density at radius 2 is 1.67 bits per heavy atom. The molecule has 0 aliphatic heterocycles. The first-order chi connectivity index (χ1) is 5.41. The maximum absolute atomic E-state index is 9.70. The molecule has 0 radical (unpaired) electrons. The number of hydrogen-bond donors (Lipinski definition) is 1. The lowest BCUT2D eigenvalue weighted by atomic mass is 10.2. The average molecular weight is 176 g/mol. The molecule has 1 N–H and O–H groups in total. The number of hydrogen-bond acceptors (Lipinski definition) is 3. The predicted molar refractivity (Wildman–Crippen MR) is 44.8 cm³/mol. The van der Waals surface area contributed by atoms with Gasteiger partial charge in [-0.2, -0.15) is 0 Å². The van der Waals surface area contributed by atoms with Crippen molar-refractivity contribution in [2.45, 2.75) is 33.8 Å². The molecule has 0 bridgehead atoms. The largest absolute Gasteiger partial charge is 0.481 e. The van der Waals surface area contributed by atoms with E-state index in [1.54, 1.807) is 27.7 Å². The van der Waals surface area contributed by atoms with Gasteiger partial charge in [-0.1, -0.05) is 13.8 Å². The highest BCUT2D eigenvalue weighted by Gasteiger charge is 1.99. The van der Waals surface area contributed by atoms with Crippen molar-refractivity contribution in [3.63, 3.8) is 0 Å². The maximum atomic E-state index is 9.70. The highest BCUT2D eigenvalue weighted by atomic mass is 16.5. The molecule has 0 saturated heterocycles. The summed E-state index contributed by atoms with van der Waals surface area (Å²) in [6.45, 7) is 7.33. The van der Waals surface area contributed by atoms with E-state index in [4.69, 9.17) is 5.11 Å². The van der Waals surface area contributed by atoms with Gasteiger partial charge in [0.05, 0.1) is 12.0 Å². The first kappa shape index (κ1) is 13.5. The van der Waals surface area contributed by atoms with Gasteiger partial charge in [-0.05, 0) is 13.8 Å². The van der Waals surface area contributed by atoms with Crippen molar-refractivity contribution < 1.29 is 19.4 Å². The lowest BCUT2D eigenvalue weighted by Gasteiger charge is -1.96. The Balaban J connectivity index is 0. The molecule has 0 fully saturated rings. The van der Waals surface area contributed by atoms with Crippen molar-refractivity contribution in [2.75, 3.05) is 0 Å². The lowest BCUT2D eigenvalue weighted by Crippen LogP contribution is -2.03. The zero-order chi connectivity index (χ0) is 10.1. The molecule has 0 amide bonds. The molecule has 0 aromatic rings. The van der Waals surface area contributed by atoms with Crippen LogP contribution in [0.5, 0.6) is 0 Å². The minimum atomic E-state index is -0.741. The molecule has 0 saturated carbocycles. The van der Waals surface area contributed by atoms with E-state index in [9.17, 15) is 9.59 Å². The fourth-order valence-electron chi connectivity index (χ4n) is 0.111. The number of carbonyl (C=O) groups excluding carboxylic acids is 1. The molecule has 4 nitrogen and oxygen atoms in total. The molecular weight excluding hydrogens is 160 g/mol. The second-order valence-electron chi connectivity index (χ2n) is 2.77. The van der Waals surface area contributed by atoms with Gasteiger partial charge in [0.1, 0.15) is 0 Å². The third-order valence-corrected chi connectivity index (χ3v) is 0.822. The maximum Gasteiger partial charge on any atom is 0.305 e. The van der Waals surface area contributed by atoms with Crippen LogP contribution in [0, 0.1) is 5.92 Å². The van der Waals surface area contributed by atoms with Crippen molar-refractivity contribution in [3.05, 3.63) is 0 Å². The summed E-state index contributed by atoms with van der Waals surface area (Å²) >= 11 is 0. The van der Waals surface area contributed by atoms with E-state index < -0.39 is 5.97 Å². The van der Waals surface area contributed by atoms with Crippen molar-refractivity contribution in [3.8, 4) is 0 Å². The second kappa shape index (κ2) is 8.04. The molecule has 0 atom stereocenters. The summed E-state index contributed by atoms with van der Waals surface area (Å²) in [4.78, 5) is 19.1. The summed E-state index contributed by atoms with van der Waals surface area (Å²) in [7, 11) is 0. The quantitative estimate of drug-likeness (QED) is 0.658. The number of carbonyl (C=O) groups is 2. The molecule has 0 unspecified atom stereocenters. The van der Waals surface area contributed by atoms with E-state index >= 15 is 0 Å². The van der Waals surface area contributed by atoms with Crippen LogP contribution in [0.25, 0.3) is 0 Å². The third-order valence-electron chi connectivity index (χ3n) is 0.822. The van der Waals surface area contributed by atoms with Crippen molar-refractivity contribution in [1.29, 1.82) is 0 Å². The topological polar surface area (TPSA) is 63.6 Å². The second-order valence-corrected chi connectivity index (χ2v) is 2.77. The molecule has 0 heterocycles. The van der Waals surface area contributed by atoms with Crippen LogP contribution in [-0.2, 0) is 14.3 Å². The van der Waals surface area contributed by atoms with Gasteiger partial charge in [0.15, 0.2) is 0 Å². The predicted octanol–water partition coefficient (Wildman–Crippen LogP) is 1.29. The highest BCUT2D eigenvalue weighted by molar-refractivity contribution is 5.68. The summed E-state index contributed by atoms with van der Waals surface area (Å²) in [5, 5.41) is 7.99. The minimum absolute atomic E-state index is 0.0301. The molecule has 0 aromatic carbocycles. The molecule has 4 heteroatoms. The van der Waals surface area contributed by atoms with Crippen LogP contribution >= 0.6 is 0 Å². The van der Waals surface area contributed by atoms with Crippen LogP contribution in [0.3, 0.4) is 0 Å². The monoisotopic (exact) mass is 176 g/mol. The smallest absolute Gasteiger partial charge is 0.305 e. The Labute approximate surface area is 72.5 Å². The highest BCUT2D eigenvalue weighted by Crippen LogP contribution is 1.87. The van der Waals surface area contributed by atoms with E-state index in [0.717, 1.165) is 0 Å². The van der Waals surface area contributed by atoms with E-state index in [1.165, 1.54) is 0 Å². The van der Waals surface area contributed by atoms with E-state index in [2.05, 4.69) is 4.74 Å². The lowest BCUT2D eigenvalue weighted by molar-refractivity contribution is -0.140. The number of aliphatic carboxylic acids is 1. The van der Waals surface area contributed by atoms with Gasteiger partial charge in [0.2, 0.25) is 0 Å². The summed E-state index contributed by atoms with van der Waals surface area (Å²) in [6.07, 6.45) is 0.0301. The molecule has 0 aliphatic rings. The minimum Gasteiger partial charge on any atom is -0.481 e. The van der Waals surface area contributed by atoms with Crippen LogP contribution in [0.1, 0.15) is 27.7 Å². The third kappa shape index (κ3) is 16.0. The van der Waals surface area contributed by atoms with Gasteiger partial charge >= 0.3 is 5.97 Å². The number of carboxylic acid groups (broad SMARTS) is 1. The SMILES string of the molecule is CC(C)C(=O)O.CC(C)OC=O. The number of carboxylic acids is 1. The van der Waals surface area contributed by atoms with Crippen LogP contribution in [-0.4, -0.2) is 23.7 Å². The first-order valence-corrected chi connectivity index (χ1v) is 3.73. The fourth-order valence-corrected chi connectivity index (χ4v) is 0.111. The Morgan fingerprint density at radius 3 is 1.67 bits per heavy atom. The Morgan fingerprint density at radius 1 is 1.33 bits per heavy atom. The van der Waals surface area contributed by atoms with Gasteiger partial charge < -0.3 is 9.84 Å². The molecular formula is C8H16O4. The van der Waals surface area contributed by atoms with Crippen LogP contribution in [0.2, 0.25) is 0 Å². The summed E-state index contributed by atoms with van der Waals surface area (Å²) in [6, 6.07) is 0. The molecule has 0 spiro atoms. The van der Waals surface area contributed by atoms with Gasteiger partial charge in [-0.3, -0.25) is 9.59 Å². The fraction of sp³-hybridized carbons (Fsp3) is 0.750. The number of rotatable bonds is 3. The van der Waals surface area contributed by atoms with Crippen LogP contribution in [0.15, 0.2) is 0 Å². The summed E-state index contributed by atoms with van der Waals surface area (Å²) < 4.78 is 4.36. The average Bonchev–Trinajstić information content (AvgIpc) is 1.87. The van der Waals surface area contributed by atoms with Crippen LogP contribution in [0.4, 0.5) is 0 Å². The standard InChI is InChI=1S/2C4H8O2/c1-4(2)6-3-5;1-3(2)4(5)6/h3-4H,1-2H3;3H,1-2H3,(H,5,6). The molecule has 72 valence electrons. The van der Waals surface area contributed by atoms with E-state index in [1.807, 2.05) is 0 Å². The Bertz CT molecular complexity index is 129. The van der Waals surface area contributed by atoms with Gasteiger partial charge in [0.25, 0.3) is 6.47 Å².